The lowest BCUT2D eigenvalue weighted by Gasteiger charge is -2.34. The quantitative estimate of drug-likeness (QED) is 0.332. The number of carbonyl (C=O) groups excluding carboxylic acids is 1. The summed E-state index contributed by atoms with van der Waals surface area (Å²) >= 11 is 0. The van der Waals surface area contributed by atoms with E-state index in [0.717, 1.165) is 44.0 Å². The molecule has 166 valence electrons. The van der Waals surface area contributed by atoms with Gasteiger partial charge in [0.25, 0.3) is 0 Å². The second kappa shape index (κ2) is 11.1. The van der Waals surface area contributed by atoms with Crippen LogP contribution in [-0.4, -0.2) is 53.1 Å². The second-order valence-corrected chi connectivity index (χ2v) is 8.47. The van der Waals surface area contributed by atoms with Crippen LogP contribution in [0.4, 0.5) is 4.79 Å². The predicted octanol–water partition coefficient (Wildman–Crippen LogP) is 3.14. The number of guanidine groups is 1. The number of hydrogen-bond acceptors (Lipinski definition) is 4. The van der Waals surface area contributed by atoms with E-state index in [1.54, 1.807) is 7.05 Å². The zero-order valence-corrected chi connectivity index (χ0v) is 19.5. The molecule has 3 N–H and O–H groups in total. The average molecular weight is 409 g/mol. The van der Waals surface area contributed by atoms with E-state index in [1.807, 2.05) is 32.4 Å². The highest BCUT2D eigenvalue weighted by molar-refractivity contribution is 5.79. The highest BCUT2D eigenvalue weighted by Crippen LogP contribution is 2.16. The second-order valence-electron chi connectivity index (χ2n) is 8.47. The Kier molecular flexibility index (Phi) is 9.46. The molecule has 1 rings (SSSR count). The Morgan fingerprint density at radius 2 is 1.86 bits per heavy atom. The van der Waals surface area contributed by atoms with Gasteiger partial charge in [-0.25, -0.2) is 4.79 Å². The Labute approximate surface area is 175 Å². The van der Waals surface area contributed by atoms with Gasteiger partial charge in [-0.15, -0.1) is 0 Å². The summed E-state index contributed by atoms with van der Waals surface area (Å²) in [6, 6.07) is 2.08. The number of ether oxygens (including phenoxy) is 1. The molecule has 0 aromatic carbocycles. The smallest absolute Gasteiger partial charge is 0.408 e. The number of rotatable bonds is 9. The number of nitrogens with one attached hydrogen (secondary N) is 3. The van der Waals surface area contributed by atoms with Gasteiger partial charge in [-0.2, -0.15) is 5.10 Å². The van der Waals surface area contributed by atoms with Crippen molar-refractivity contribution in [3.05, 3.63) is 17.5 Å². The predicted molar refractivity (Wildman–Crippen MR) is 118 cm³/mol. The highest BCUT2D eigenvalue weighted by atomic mass is 16.6. The van der Waals surface area contributed by atoms with Gasteiger partial charge in [0.05, 0.1) is 11.2 Å². The fourth-order valence-corrected chi connectivity index (χ4v) is 3.05. The zero-order valence-electron chi connectivity index (χ0n) is 19.5. The van der Waals surface area contributed by atoms with Crippen molar-refractivity contribution in [2.75, 3.05) is 20.1 Å². The van der Waals surface area contributed by atoms with Gasteiger partial charge >= 0.3 is 6.09 Å². The number of carbonyl (C=O) groups is 1. The Morgan fingerprint density at radius 3 is 2.34 bits per heavy atom. The topological polar surface area (TPSA) is 92.6 Å². The number of alkyl carbamates (subject to hydrolysis) is 1. The van der Waals surface area contributed by atoms with Gasteiger partial charge in [0, 0.05) is 32.4 Å². The molecular formula is C21H40N6O2. The molecule has 0 radical (unpaired) electrons. The lowest BCUT2D eigenvalue weighted by atomic mass is 9.93. The largest absolute Gasteiger partial charge is 0.444 e. The Morgan fingerprint density at radius 1 is 1.21 bits per heavy atom. The van der Waals surface area contributed by atoms with Crippen molar-refractivity contribution < 1.29 is 9.53 Å². The maximum atomic E-state index is 12.3. The average Bonchev–Trinajstić information content (AvgIpc) is 2.95. The van der Waals surface area contributed by atoms with Crippen LogP contribution in [-0.2, 0) is 11.3 Å². The lowest BCUT2D eigenvalue weighted by Crippen LogP contribution is -2.57. The molecule has 1 heterocycles. The molecule has 0 saturated carbocycles. The van der Waals surface area contributed by atoms with Gasteiger partial charge in [0.1, 0.15) is 5.60 Å². The van der Waals surface area contributed by atoms with Gasteiger partial charge in [0.15, 0.2) is 5.96 Å². The zero-order chi connectivity index (χ0) is 22.1. The van der Waals surface area contributed by atoms with Crippen molar-refractivity contribution in [1.29, 1.82) is 0 Å². The third-order valence-electron chi connectivity index (χ3n) is 4.88. The molecule has 1 amide bonds. The number of aliphatic imine (C=N–C) groups is 1. The first-order valence-electron chi connectivity index (χ1n) is 10.5. The van der Waals surface area contributed by atoms with Gasteiger partial charge in [-0.05, 0) is 59.9 Å². The number of aryl methyl sites for hydroxylation is 3. The molecule has 0 saturated heterocycles. The van der Waals surface area contributed by atoms with Crippen LogP contribution in [0, 0.1) is 13.8 Å². The first-order chi connectivity index (χ1) is 13.5. The number of aromatic nitrogens is 2. The SMILES string of the molecule is CCC(CC)(CNC(=NC)NCCCn1nc(C)cc1C)NC(=O)OC(C)(C)C. The molecule has 0 fully saturated rings. The minimum Gasteiger partial charge on any atom is -0.444 e. The summed E-state index contributed by atoms with van der Waals surface area (Å²) in [6.45, 7) is 16.0. The van der Waals surface area contributed by atoms with Crippen molar-refractivity contribution in [2.24, 2.45) is 4.99 Å². The molecule has 0 aliphatic rings. The van der Waals surface area contributed by atoms with E-state index >= 15 is 0 Å². The first kappa shape index (κ1) is 24.8. The molecule has 8 heteroatoms. The maximum absolute atomic E-state index is 12.3. The van der Waals surface area contributed by atoms with Crippen LogP contribution >= 0.6 is 0 Å². The van der Waals surface area contributed by atoms with Crippen LogP contribution in [0.25, 0.3) is 0 Å². The van der Waals surface area contributed by atoms with E-state index in [0.29, 0.717) is 6.54 Å². The minimum absolute atomic E-state index is 0.393. The Hall–Kier alpha value is -2.25. The van der Waals surface area contributed by atoms with Gasteiger partial charge < -0.3 is 20.7 Å². The summed E-state index contributed by atoms with van der Waals surface area (Å²) in [6.07, 6.45) is 2.11. The number of nitrogens with zero attached hydrogens (tertiary/aromatic N) is 3. The Balaban J connectivity index is 2.51. The molecule has 29 heavy (non-hydrogen) atoms. The van der Waals surface area contributed by atoms with Crippen LogP contribution in [0.2, 0.25) is 0 Å². The van der Waals surface area contributed by atoms with Crippen LogP contribution in [0.3, 0.4) is 0 Å². The summed E-state index contributed by atoms with van der Waals surface area (Å²) in [7, 11) is 1.75. The number of amides is 1. The summed E-state index contributed by atoms with van der Waals surface area (Å²) in [5, 5.41) is 14.2. The minimum atomic E-state index is -0.520. The fraction of sp³-hybridized carbons (Fsp3) is 0.762. The molecule has 1 aromatic heterocycles. The summed E-state index contributed by atoms with van der Waals surface area (Å²) in [5.41, 5.74) is 1.30. The highest BCUT2D eigenvalue weighted by Gasteiger charge is 2.30. The molecular weight excluding hydrogens is 368 g/mol. The van der Waals surface area contributed by atoms with E-state index < -0.39 is 17.2 Å². The molecule has 0 bridgehead atoms. The summed E-state index contributed by atoms with van der Waals surface area (Å²) in [5.74, 6) is 0.718. The van der Waals surface area contributed by atoms with Gasteiger partial charge in [0.2, 0.25) is 0 Å². The molecule has 0 aliphatic carbocycles. The maximum Gasteiger partial charge on any atom is 0.408 e. The Bertz CT molecular complexity index is 671. The molecule has 0 aliphatic heterocycles. The normalized spacial score (nSPS) is 12.6. The first-order valence-corrected chi connectivity index (χ1v) is 10.5. The van der Waals surface area contributed by atoms with Crippen LogP contribution < -0.4 is 16.0 Å². The lowest BCUT2D eigenvalue weighted by molar-refractivity contribution is 0.0448. The van der Waals surface area contributed by atoms with Crippen LogP contribution in [0.15, 0.2) is 11.1 Å². The monoisotopic (exact) mass is 408 g/mol. The van der Waals surface area contributed by atoms with Crippen molar-refractivity contribution in [3.63, 3.8) is 0 Å². The van der Waals surface area contributed by atoms with Gasteiger partial charge in [-0.3, -0.25) is 9.67 Å². The van der Waals surface area contributed by atoms with Crippen molar-refractivity contribution in [2.45, 2.75) is 85.4 Å². The molecule has 0 atom stereocenters. The molecule has 1 aromatic rings. The summed E-state index contributed by atoms with van der Waals surface area (Å²) in [4.78, 5) is 16.6. The van der Waals surface area contributed by atoms with Crippen molar-refractivity contribution in [3.8, 4) is 0 Å². The van der Waals surface area contributed by atoms with Crippen LogP contribution in [0.5, 0.6) is 0 Å². The number of hydrogen-bond donors (Lipinski definition) is 3. The van der Waals surface area contributed by atoms with Crippen LogP contribution in [0.1, 0.15) is 65.3 Å². The third-order valence-corrected chi connectivity index (χ3v) is 4.88. The standard InChI is InChI=1S/C21H40N6O2/c1-9-21(10-2,25-19(28)29-20(5,6)7)15-24-18(22-8)23-12-11-13-27-17(4)14-16(3)26-27/h14H,9-13,15H2,1-8H3,(H,25,28)(H2,22,23,24). The van der Waals surface area contributed by atoms with E-state index in [4.69, 9.17) is 4.74 Å². The summed E-state index contributed by atoms with van der Waals surface area (Å²) < 4.78 is 7.46. The van der Waals surface area contributed by atoms with E-state index in [-0.39, 0.29) is 0 Å². The van der Waals surface area contributed by atoms with E-state index in [2.05, 4.69) is 52.9 Å². The van der Waals surface area contributed by atoms with E-state index in [9.17, 15) is 4.79 Å². The molecule has 0 spiro atoms. The molecule has 8 nitrogen and oxygen atoms in total. The fourth-order valence-electron chi connectivity index (χ4n) is 3.05. The van der Waals surface area contributed by atoms with E-state index in [1.165, 1.54) is 5.69 Å². The van der Waals surface area contributed by atoms with Crippen molar-refractivity contribution >= 4 is 12.1 Å². The van der Waals surface area contributed by atoms with Gasteiger partial charge in [-0.1, -0.05) is 13.8 Å². The third kappa shape index (κ3) is 8.75. The van der Waals surface area contributed by atoms with Crippen molar-refractivity contribution in [1.82, 2.24) is 25.7 Å². The molecule has 0 unspecified atom stereocenters.